The van der Waals surface area contributed by atoms with Crippen LogP contribution in [0.25, 0.3) is 0 Å². The van der Waals surface area contributed by atoms with Crippen LogP contribution in [0.1, 0.15) is 24.8 Å². The van der Waals surface area contributed by atoms with Crippen molar-refractivity contribution in [2.24, 2.45) is 0 Å². The number of benzene rings is 1. The highest BCUT2D eigenvalue weighted by Gasteiger charge is 2.25. The number of hydrogen-bond donors (Lipinski definition) is 3. The van der Waals surface area contributed by atoms with Gasteiger partial charge in [0.2, 0.25) is 0 Å². The van der Waals surface area contributed by atoms with Gasteiger partial charge in [0.15, 0.2) is 0 Å². The Hall–Kier alpha value is -1.06. The van der Waals surface area contributed by atoms with Gasteiger partial charge in [-0.1, -0.05) is 24.6 Å². The lowest BCUT2D eigenvalue weighted by Crippen LogP contribution is -2.39. The molecule has 0 amide bonds. The van der Waals surface area contributed by atoms with Crippen LogP contribution in [0.5, 0.6) is 5.75 Å². The Balaban J connectivity index is 2.12. The van der Waals surface area contributed by atoms with Gasteiger partial charge in [-0.2, -0.15) is 0 Å². The molecule has 3 nitrogen and oxygen atoms in total. The van der Waals surface area contributed by atoms with Crippen molar-refractivity contribution in [3.8, 4) is 5.75 Å². The summed E-state index contributed by atoms with van der Waals surface area (Å²) in [5.41, 5.74) is 0.539. The minimum atomic E-state index is -0.00736. The van der Waals surface area contributed by atoms with Crippen LogP contribution in [0.15, 0.2) is 24.3 Å². The summed E-state index contributed by atoms with van der Waals surface area (Å²) in [4.78, 5) is 0. The van der Waals surface area contributed by atoms with E-state index in [-0.39, 0.29) is 17.9 Å². The lowest BCUT2D eigenvalue weighted by Gasteiger charge is -2.27. The zero-order valence-electron chi connectivity index (χ0n) is 8.61. The second-order valence-corrected chi connectivity index (χ2v) is 3.90. The van der Waals surface area contributed by atoms with E-state index in [4.69, 9.17) is 0 Å². The monoisotopic (exact) mass is 206 g/mol. The lowest BCUT2D eigenvalue weighted by molar-refractivity contribution is 0.239. The first kappa shape index (κ1) is 10.5. The highest BCUT2D eigenvalue weighted by Crippen LogP contribution is 2.28. The van der Waals surface area contributed by atoms with E-state index in [1.807, 2.05) is 6.07 Å². The first-order chi connectivity index (χ1) is 7.29. The van der Waals surface area contributed by atoms with Gasteiger partial charge in [-0.05, 0) is 25.5 Å². The molecule has 1 aliphatic rings. The third-order valence-corrected chi connectivity index (χ3v) is 2.82. The number of hydrogen-bond acceptors (Lipinski definition) is 3. The van der Waals surface area contributed by atoms with E-state index in [0.29, 0.717) is 5.56 Å². The Morgan fingerprint density at radius 1 is 1.27 bits per heavy atom. The summed E-state index contributed by atoms with van der Waals surface area (Å²) < 4.78 is 0. The first-order valence-corrected chi connectivity index (χ1v) is 5.36. The van der Waals surface area contributed by atoms with Gasteiger partial charge in [0, 0.05) is 11.6 Å². The zero-order chi connectivity index (χ0) is 10.7. The smallest absolute Gasteiger partial charge is 0.143 e. The third kappa shape index (κ3) is 2.30. The number of rotatable bonds is 2. The number of nitrogens with one attached hydrogen (secondary N) is 1. The Bertz CT molecular complexity index is 321. The van der Waals surface area contributed by atoms with Gasteiger partial charge in [-0.25, -0.2) is 0 Å². The number of para-hydroxylation sites is 1. The maximum absolute atomic E-state index is 10.0. The molecule has 1 aliphatic heterocycles. The molecule has 1 radical (unpaired) electrons. The van der Waals surface area contributed by atoms with Crippen LogP contribution >= 0.6 is 0 Å². The molecule has 15 heavy (non-hydrogen) atoms. The van der Waals surface area contributed by atoms with Crippen LogP contribution in [0, 0.1) is 6.10 Å². The maximum Gasteiger partial charge on any atom is 0.143 e. The van der Waals surface area contributed by atoms with E-state index < -0.39 is 0 Å². The molecule has 0 spiro atoms. The molecule has 0 aromatic heterocycles. The second kappa shape index (κ2) is 4.64. The number of phenols is 1. The molecule has 3 N–H and O–H groups in total. The normalized spacial score (nSPS) is 21.9. The van der Waals surface area contributed by atoms with Gasteiger partial charge in [0.05, 0.1) is 0 Å². The van der Waals surface area contributed by atoms with Crippen LogP contribution in [-0.2, 0) is 0 Å². The summed E-state index contributed by atoms with van der Waals surface area (Å²) >= 11 is 0. The number of phenolic OH excluding ortho intramolecular Hbond substituents is 1. The second-order valence-electron chi connectivity index (χ2n) is 3.90. The van der Waals surface area contributed by atoms with E-state index in [9.17, 15) is 10.2 Å². The van der Waals surface area contributed by atoms with Crippen molar-refractivity contribution in [2.45, 2.75) is 25.3 Å². The molecule has 0 aliphatic carbocycles. The van der Waals surface area contributed by atoms with E-state index in [2.05, 4.69) is 5.32 Å². The summed E-state index contributed by atoms with van der Waals surface area (Å²) in [5, 5.41) is 22.9. The van der Waals surface area contributed by atoms with Crippen molar-refractivity contribution in [1.82, 2.24) is 5.32 Å². The zero-order valence-corrected chi connectivity index (χ0v) is 8.61. The molecule has 81 valence electrons. The molecule has 1 atom stereocenters. The lowest BCUT2D eigenvalue weighted by atomic mass is 9.94. The Kier molecular flexibility index (Phi) is 3.23. The molecule has 2 rings (SSSR count). The van der Waals surface area contributed by atoms with Gasteiger partial charge >= 0.3 is 0 Å². The van der Waals surface area contributed by atoms with Gasteiger partial charge in [-0.15, -0.1) is 0 Å². The van der Waals surface area contributed by atoms with Crippen LogP contribution in [0.3, 0.4) is 0 Å². The average molecular weight is 206 g/mol. The molecular weight excluding hydrogens is 190 g/mol. The average Bonchev–Trinajstić information content (AvgIpc) is 2.30. The molecule has 0 bridgehead atoms. The molecule has 1 saturated heterocycles. The summed E-state index contributed by atoms with van der Waals surface area (Å²) in [5.74, 6) is 0.141. The van der Waals surface area contributed by atoms with E-state index in [1.54, 1.807) is 18.2 Å². The molecule has 1 unspecified atom stereocenters. The minimum absolute atomic E-state index is 0.00736. The Morgan fingerprint density at radius 2 is 2.07 bits per heavy atom. The maximum atomic E-state index is 10.0. The van der Waals surface area contributed by atoms with Gasteiger partial charge < -0.3 is 15.5 Å². The third-order valence-electron chi connectivity index (χ3n) is 2.82. The van der Waals surface area contributed by atoms with Crippen molar-refractivity contribution in [1.29, 1.82) is 0 Å². The first-order valence-electron chi connectivity index (χ1n) is 5.36. The molecular formula is C12H16NO2. The van der Waals surface area contributed by atoms with Gasteiger partial charge in [0.1, 0.15) is 11.9 Å². The summed E-state index contributed by atoms with van der Waals surface area (Å²) in [6.07, 6.45) is 3.47. The van der Waals surface area contributed by atoms with Crippen LogP contribution in [0.2, 0.25) is 0 Å². The summed E-state index contributed by atoms with van der Waals surface area (Å²) in [6, 6.07) is 6.89. The number of aliphatic hydroxyl groups excluding tert-OH is 1. The fourth-order valence-corrected chi connectivity index (χ4v) is 1.96. The van der Waals surface area contributed by atoms with Crippen molar-refractivity contribution in [3.63, 3.8) is 0 Å². The predicted molar refractivity (Wildman–Crippen MR) is 58.0 cm³/mol. The van der Waals surface area contributed by atoms with Gasteiger partial charge in [0.25, 0.3) is 0 Å². The fraction of sp³-hybridized carbons (Fsp3) is 0.417. The van der Waals surface area contributed by atoms with Crippen molar-refractivity contribution >= 4 is 0 Å². The molecule has 1 aromatic carbocycles. The highest BCUT2D eigenvalue weighted by molar-refractivity contribution is 5.41. The predicted octanol–water partition coefficient (Wildman–Crippen LogP) is 1.79. The highest BCUT2D eigenvalue weighted by atomic mass is 16.3. The number of aliphatic hydroxyl groups is 1. The molecule has 3 heteroatoms. The topological polar surface area (TPSA) is 52.5 Å². The molecule has 1 aromatic rings. The SMILES string of the molecule is O[C](c1ccccc1O)C1CCCCN1. The van der Waals surface area contributed by atoms with Crippen LogP contribution < -0.4 is 5.32 Å². The minimum Gasteiger partial charge on any atom is -0.508 e. The van der Waals surface area contributed by atoms with Crippen LogP contribution in [0.4, 0.5) is 0 Å². The molecule has 1 fully saturated rings. The van der Waals surface area contributed by atoms with E-state index in [0.717, 1.165) is 25.8 Å². The van der Waals surface area contributed by atoms with Crippen molar-refractivity contribution in [2.75, 3.05) is 6.54 Å². The largest absolute Gasteiger partial charge is 0.508 e. The molecule has 1 heterocycles. The van der Waals surface area contributed by atoms with Crippen molar-refractivity contribution < 1.29 is 10.2 Å². The van der Waals surface area contributed by atoms with Gasteiger partial charge in [-0.3, -0.25) is 0 Å². The standard InChI is InChI=1S/C12H16NO2/c14-11-7-2-1-5-9(11)12(15)10-6-3-4-8-13-10/h1-2,5,7,10,13-15H,3-4,6,8H2. The Labute approximate surface area is 89.8 Å². The number of aromatic hydroxyl groups is 1. The summed E-state index contributed by atoms with van der Waals surface area (Å²) in [6.45, 7) is 0.933. The quantitative estimate of drug-likeness (QED) is 0.691. The van der Waals surface area contributed by atoms with E-state index >= 15 is 0 Å². The van der Waals surface area contributed by atoms with Crippen LogP contribution in [-0.4, -0.2) is 22.8 Å². The Morgan fingerprint density at radius 3 is 2.73 bits per heavy atom. The van der Waals surface area contributed by atoms with E-state index in [1.165, 1.54) is 0 Å². The summed E-state index contributed by atoms with van der Waals surface area (Å²) in [7, 11) is 0. The molecule has 0 saturated carbocycles. The fourth-order valence-electron chi connectivity index (χ4n) is 1.96. The van der Waals surface area contributed by atoms with Crippen molar-refractivity contribution in [3.05, 3.63) is 35.9 Å². The number of piperidine rings is 1.